The Kier molecular flexibility index (Phi) is 4.95. The summed E-state index contributed by atoms with van der Waals surface area (Å²) < 4.78 is 28.6. The standard InChI is InChI=1S/C11H25N3O2S/c1-11(2,3)14-17(15,16)13-8-9-4-6-10(12)7-5-9/h9-10,13-14H,4-8,12H2,1-3H3. The van der Waals surface area contributed by atoms with Gasteiger partial charge in [0.05, 0.1) is 0 Å². The van der Waals surface area contributed by atoms with Crippen LogP contribution in [0.4, 0.5) is 0 Å². The van der Waals surface area contributed by atoms with E-state index in [1.54, 1.807) is 0 Å². The topological polar surface area (TPSA) is 84.2 Å². The average molecular weight is 263 g/mol. The number of rotatable bonds is 4. The maximum absolute atomic E-state index is 11.7. The summed E-state index contributed by atoms with van der Waals surface area (Å²) in [7, 11) is -3.38. The van der Waals surface area contributed by atoms with Crippen molar-refractivity contribution in [3.8, 4) is 0 Å². The van der Waals surface area contributed by atoms with Crippen LogP contribution in [0.15, 0.2) is 0 Å². The summed E-state index contributed by atoms with van der Waals surface area (Å²) in [6.07, 6.45) is 4.02. The van der Waals surface area contributed by atoms with Gasteiger partial charge < -0.3 is 5.73 Å². The molecule has 102 valence electrons. The van der Waals surface area contributed by atoms with E-state index in [1.165, 1.54) is 0 Å². The van der Waals surface area contributed by atoms with Gasteiger partial charge in [0.25, 0.3) is 10.2 Å². The molecule has 0 unspecified atom stereocenters. The molecule has 1 fully saturated rings. The molecule has 1 aliphatic rings. The van der Waals surface area contributed by atoms with Gasteiger partial charge in [0.2, 0.25) is 0 Å². The van der Waals surface area contributed by atoms with Crippen LogP contribution in [0.5, 0.6) is 0 Å². The summed E-state index contributed by atoms with van der Waals surface area (Å²) in [6, 6.07) is 0.301. The number of hydrogen-bond acceptors (Lipinski definition) is 3. The second-order valence-corrected chi connectivity index (χ2v) is 7.48. The lowest BCUT2D eigenvalue weighted by Crippen LogP contribution is -2.48. The molecule has 0 bridgehead atoms. The van der Waals surface area contributed by atoms with Gasteiger partial charge in [-0.15, -0.1) is 0 Å². The fourth-order valence-corrected chi connectivity index (χ4v) is 3.39. The first-order valence-corrected chi connectivity index (χ1v) is 7.70. The molecule has 0 heterocycles. The fraction of sp³-hybridized carbons (Fsp3) is 1.00. The van der Waals surface area contributed by atoms with Crippen LogP contribution in [0.25, 0.3) is 0 Å². The van der Waals surface area contributed by atoms with E-state index in [1.807, 2.05) is 20.8 Å². The van der Waals surface area contributed by atoms with Gasteiger partial charge in [-0.05, 0) is 52.4 Å². The van der Waals surface area contributed by atoms with E-state index >= 15 is 0 Å². The van der Waals surface area contributed by atoms with Gasteiger partial charge in [-0.2, -0.15) is 13.1 Å². The van der Waals surface area contributed by atoms with Crippen molar-refractivity contribution < 1.29 is 8.42 Å². The highest BCUT2D eigenvalue weighted by atomic mass is 32.2. The minimum atomic E-state index is -3.38. The van der Waals surface area contributed by atoms with Crippen molar-refractivity contribution in [1.29, 1.82) is 0 Å². The van der Waals surface area contributed by atoms with E-state index in [4.69, 9.17) is 5.73 Å². The lowest BCUT2D eigenvalue weighted by Gasteiger charge is -2.27. The van der Waals surface area contributed by atoms with Gasteiger partial charge in [0.15, 0.2) is 0 Å². The van der Waals surface area contributed by atoms with Crippen molar-refractivity contribution in [2.75, 3.05) is 6.54 Å². The minimum Gasteiger partial charge on any atom is -0.328 e. The summed E-state index contributed by atoms with van der Waals surface area (Å²) in [5.41, 5.74) is 5.37. The fourth-order valence-electron chi connectivity index (χ4n) is 2.06. The molecule has 5 nitrogen and oxygen atoms in total. The lowest BCUT2D eigenvalue weighted by molar-refractivity contribution is 0.325. The van der Waals surface area contributed by atoms with Crippen molar-refractivity contribution in [1.82, 2.24) is 9.44 Å². The van der Waals surface area contributed by atoms with Crippen LogP contribution in [0.3, 0.4) is 0 Å². The van der Waals surface area contributed by atoms with Crippen LogP contribution in [-0.4, -0.2) is 26.5 Å². The Balaban J connectivity index is 2.35. The second-order valence-electron chi connectivity index (χ2n) is 5.98. The second kappa shape index (κ2) is 5.65. The van der Waals surface area contributed by atoms with Gasteiger partial charge in [-0.1, -0.05) is 0 Å². The first-order valence-electron chi connectivity index (χ1n) is 6.22. The third-order valence-corrected chi connectivity index (χ3v) is 4.32. The molecule has 1 rings (SSSR count). The van der Waals surface area contributed by atoms with Crippen molar-refractivity contribution in [3.05, 3.63) is 0 Å². The van der Waals surface area contributed by atoms with Crippen molar-refractivity contribution in [3.63, 3.8) is 0 Å². The Labute approximate surface area is 105 Å². The molecule has 6 heteroatoms. The average Bonchev–Trinajstić information content (AvgIpc) is 2.13. The number of nitrogens with one attached hydrogen (secondary N) is 2. The van der Waals surface area contributed by atoms with E-state index in [2.05, 4.69) is 9.44 Å². The quantitative estimate of drug-likeness (QED) is 0.699. The predicted molar refractivity (Wildman–Crippen MR) is 69.7 cm³/mol. The maximum atomic E-state index is 11.7. The van der Waals surface area contributed by atoms with Crippen LogP contribution in [0, 0.1) is 5.92 Å². The third-order valence-electron chi connectivity index (χ3n) is 2.89. The summed E-state index contributed by atoms with van der Waals surface area (Å²) in [5, 5.41) is 0. The molecule has 0 aromatic heterocycles. The Morgan fingerprint density at radius 3 is 2.18 bits per heavy atom. The number of nitrogens with two attached hydrogens (primary N) is 1. The van der Waals surface area contributed by atoms with Crippen LogP contribution in [0.1, 0.15) is 46.5 Å². The maximum Gasteiger partial charge on any atom is 0.277 e. The van der Waals surface area contributed by atoms with E-state index in [0.717, 1.165) is 25.7 Å². The molecule has 17 heavy (non-hydrogen) atoms. The molecule has 4 N–H and O–H groups in total. The van der Waals surface area contributed by atoms with Gasteiger partial charge in [0.1, 0.15) is 0 Å². The zero-order valence-electron chi connectivity index (χ0n) is 11.0. The summed E-state index contributed by atoms with van der Waals surface area (Å²) in [4.78, 5) is 0. The Morgan fingerprint density at radius 1 is 1.18 bits per heavy atom. The molecule has 0 aromatic carbocycles. The Hall–Kier alpha value is -0.170. The Bertz CT molecular complexity index is 327. The lowest BCUT2D eigenvalue weighted by atomic mass is 9.87. The molecular weight excluding hydrogens is 238 g/mol. The van der Waals surface area contributed by atoms with Gasteiger partial charge in [0, 0.05) is 18.1 Å². The highest BCUT2D eigenvalue weighted by molar-refractivity contribution is 7.87. The molecule has 0 amide bonds. The molecule has 1 saturated carbocycles. The van der Waals surface area contributed by atoms with E-state index < -0.39 is 15.7 Å². The van der Waals surface area contributed by atoms with E-state index in [0.29, 0.717) is 18.5 Å². The number of hydrogen-bond donors (Lipinski definition) is 3. The monoisotopic (exact) mass is 263 g/mol. The van der Waals surface area contributed by atoms with E-state index in [9.17, 15) is 8.42 Å². The minimum absolute atomic E-state index is 0.301. The molecule has 0 aliphatic heterocycles. The summed E-state index contributed by atoms with van der Waals surface area (Å²) >= 11 is 0. The summed E-state index contributed by atoms with van der Waals surface area (Å²) in [6.45, 7) is 5.99. The van der Waals surface area contributed by atoms with Crippen molar-refractivity contribution in [2.45, 2.75) is 58.0 Å². The molecule has 1 aliphatic carbocycles. The van der Waals surface area contributed by atoms with Crippen LogP contribution < -0.4 is 15.2 Å². The first kappa shape index (κ1) is 14.9. The molecule has 0 radical (unpaired) electrons. The zero-order valence-corrected chi connectivity index (χ0v) is 11.8. The first-order chi connectivity index (χ1) is 7.68. The highest BCUT2D eigenvalue weighted by Crippen LogP contribution is 2.22. The molecule has 0 aromatic rings. The molecule has 0 saturated heterocycles. The smallest absolute Gasteiger partial charge is 0.277 e. The van der Waals surface area contributed by atoms with Gasteiger partial charge in [-0.25, -0.2) is 4.72 Å². The predicted octanol–water partition coefficient (Wildman–Crippen LogP) is 0.726. The van der Waals surface area contributed by atoms with Crippen LogP contribution in [-0.2, 0) is 10.2 Å². The van der Waals surface area contributed by atoms with Crippen molar-refractivity contribution >= 4 is 10.2 Å². The van der Waals surface area contributed by atoms with Crippen LogP contribution >= 0.6 is 0 Å². The highest BCUT2D eigenvalue weighted by Gasteiger charge is 2.23. The van der Waals surface area contributed by atoms with Gasteiger partial charge >= 0.3 is 0 Å². The zero-order chi connectivity index (χ0) is 13.1. The van der Waals surface area contributed by atoms with Crippen LogP contribution in [0.2, 0.25) is 0 Å². The SMILES string of the molecule is CC(C)(C)NS(=O)(=O)NCC1CCC(N)CC1. The largest absolute Gasteiger partial charge is 0.328 e. The van der Waals surface area contributed by atoms with Crippen molar-refractivity contribution in [2.24, 2.45) is 11.7 Å². The summed E-state index contributed by atoms with van der Waals surface area (Å²) in [5.74, 6) is 0.423. The Morgan fingerprint density at radius 2 is 1.71 bits per heavy atom. The normalized spacial score (nSPS) is 27.1. The molecule has 0 atom stereocenters. The van der Waals surface area contributed by atoms with E-state index in [-0.39, 0.29) is 0 Å². The van der Waals surface area contributed by atoms with Gasteiger partial charge in [-0.3, -0.25) is 0 Å². The third kappa shape index (κ3) is 6.35. The molecule has 0 spiro atoms. The molecular formula is C11H25N3O2S.